The van der Waals surface area contributed by atoms with Crippen molar-refractivity contribution >= 4 is 27.3 Å². The molecule has 0 aromatic heterocycles. The minimum Gasteiger partial charge on any atom is -0.491 e. The van der Waals surface area contributed by atoms with Gasteiger partial charge in [0.1, 0.15) is 11.8 Å². The number of para-hydroxylation sites is 1. The van der Waals surface area contributed by atoms with Crippen molar-refractivity contribution in [2.45, 2.75) is 39.3 Å². The Morgan fingerprint density at radius 3 is 2.33 bits per heavy atom. The van der Waals surface area contributed by atoms with Crippen LogP contribution in [0, 0.1) is 0 Å². The summed E-state index contributed by atoms with van der Waals surface area (Å²) < 4.78 is 31.6. The number of nitrogens with zero attached hydrogens (tertiary/aromatic N) is 1. The van der Waals surface area contributed by atoms with E-state index in [0.717, 1.165) is 10.6 Å². The number of benzene rings is 2. The Bertz CT molecular complexity index is 867. The lowest BCUT2D eigenvalue weighted by molar-refractivity contribution is -0.117. The first-order valence-corrected chi connectivity index (χ1v) is 10.7. The van der Waals surface area contributed by atoms with Crippen LogP contribution < -0.4 is 14.4 Å². The number of rotatable bonds is 8. The van der Waals surface area contributed by atoms with E-state index >= 15 is 0 Å². The van der Waals surface area contributed by atoms with Gasteiger partial charge >= 0.3 is 0 Å². The van der Waals surface area contributed by atoms with Gasteiger partial charge in [-0.3, -0.25) is 9.10 Å². The Morgan fingerprint density at radius 2 is 1.78 bits per heavy atom. The molecule has 146 valence electrons. The maximum atomic E-state index is 12.9. The van der Waals surface area contributed by atoms with E-state index in [9.17, 15) is 13.2 Å². The van der Waals surface area contributed by atoms with Gasteiger partial charge < -0.3 is 10.1 Å². The fraction of sp³-hybridized carbons (Fsp3) is 0.350. The van der Waals surface area contributed by atoms with Gasteiger partial charge in [0.2, 0.25) is 15.9 Å². The van der Waals surface area contributed by atoms with Crippen LogP contribution in [0.15, 0.2) is 54.6 Å². The van der Waals surface area contributed by atoms with Crippen LogP contribution in [0.3, 0.4) is 0 Å². The molecule has 7 heteroatoms. The van der Waals surface area contributed by atoms with Crippen LogP contribution >= 0.6 is 0 Å². The first-order valence-electron chi connectivity index (χ1n) is 8.84. The molecule has 0 aliphatic carbocycles. The summed E-state index contributed by atoms with van der Waals surface area (Å²) in [7, 11) is -3.64. The molecule has 1 amide bonds. The van der Waals surface area contributed by atoms with Crippen molar-refractivity contribution in [2.75, 3.05) is 15.9 Å². The lowest BCUT2D eigenvalue weighted by Crippen LogP contribution is -2.46. The first kappa shape index (κ1) is 20.8. The number of carbonyl (C=O) groups is 1. The summed E-state index contributed by atoms with van der Waals surface area (Å²) in [6.45, 7) is 5.62. The molecule has 27 heavy (non-hydrogen) atoms. The van der Waals surface area contributed by atoms with Crippen LogP contribution in [0.4, 0.5) is 11.4 Å². The molecule has 0 saturated heterocycles. The zero-order valence-electron chi connectivity index (χ0n) is 16.0. The average Bonchev–Trinajstić information content (AvgIpc) is 2.58. The van der Waals surface area contributed by atoms with E-state index in [1.807, 2.05) is 13.8 Å². The Hall–Kier alpha value is -2.54. The molecule has 0 fully saturated rings. The molecule has 2 rings (SSSR count). The molecule has 0 spiro atoms. The van der Waals surface area contributed by atoms with E-state index in [2.05, 4.69) is 5.32 Å². The lowest BCUT2D eigenvalue weighted by atomic mass is 10.1. The number of sulfonamides is 1. The molecular weight excluding hydrogens is 364 g/mol. The summed E-state index contributed by atoms with van der Waals surface area (Å²) in [6, 6.07) is 14.8. The fourth-order valence-corrected chi connectivity index (χ4v) is 3.99. The van der Waals surface area contributed by atoms with Crippen LogP contribution in [-0.4, -0.2) is 32.7 Å². The SMILES string of the molecule is CC[C@H](C(=O)Nc1cccc(OC(C)C)c1)N(c1ccccc1)S(C)(=O)=O. The summed E-state index contributed by atoms with van der Waals surface area (Å²) in [5.74, 6) is 0.243. The molecule has 0 saturated carbocycles. The lowest BCUT2D eigenvalue weighted by Gasteiger charge is -2.30. The highest BCUT2D eigenvalue weighted by Crippen LogP contribution is 2.24. The van der Waals surface area contributed by atoms with Gasteiger partial charge in [0.25, 0.3) is 0 Å². The Kier molecular flexibility index (Phi) is 6.85. The number of ether oxygens (including phenoxy) is 1. The van der Waals surface area contributed by atoms with Crippen molar-refractivity contribution in [2.24, 2.45) is 0 Å². The molecule has 0 radical (unpaired) electrons. The monoisotopic (exact) mass is 390 g/mol. The molecule has 0 unspecified atom stereocenters. The Morgan fingerprint density at radius 1 is 1.11 bits per heavy atom. The van der Waals surface area contributed by atoms with E-state index in [1.165, 1.54) is 0 Å². The number of nitrogens with one attached hydrogen (secondary N) is 1. The van der Waals surface area contributed by atoms with Gasteiger partial charge in [-0.15, -0.1) is 0 Å². The van der Waals surface area contributed by atoms with Gasteiger partial charge in [0.15, 0.2) is 0 Å². The highest BCUT2D eigenvalue weighted by molar-refractivity contribution is 7.92. The minimum absolute atomic E-state index is 0.0122. The first-order chi connectivity index (χ1) is 12.7. The standard InChI is InChI=1S/C20H26N2O4S/c1-5-19(22(27(4,24)25)17-11-7-6-8-12-17)20(23)21-16-10-9-13-18(14-16)26-15(2)3/h6-15,19H,5H2,1-4H3,(H,21,23)/t19-/m1/s1. The molecule has 1 N–H and O–H groups in total. The highest BCUT2D eigenvalue weighted by Gasteiger charge is 2.31. The van der Waals surface area contributed by atoms with Crippen molar-refractivity contribution in [1.82, 2.24) is 0 Å². The minimum atomic E-state index is -3.64. The molecule has 0 bridgehead atoms. The van der Waals surface area contributed by atoms with Gasteiger partial charge in [-0.2, -0.15) is 0 Å². The van der Waals surface area contributed by atoms with Crippen molar-refractivity contribution in [3.63, 3.8) is 0 Å². The molecule has 2 aromatic carbocycles. The summed E-state index contributed by atoms with van der Waals surface area (Å²) in [4.78, 5) is 12.9. The predicted octanol–water partition coefficient (Wildman–Crippen LogP) is 3.66. The number of hydrogen-bond donors (Lipinski definition) is 1. The van der Waals surface area contributed by atoms with E-state index in [0.29, 0.717) is 23.5 Å². The smallest absolute Gasteiger partial charge is 0.248 e. The van der Waals surface area contributed by atoms with Crippen LogP contribution in [0.2, 0.25) is 0 Å². The molecule has 0 heterocycles. The fourth-order valence-electron chi connectivity index (χ4n) is 2.78. The van der Waals surface area contributed by atoms with Gasteiger partial charge in [0.05, 0.1) is 18.0 Å². The largest absolute Gasteiger partial charge is 0.491 e. The van der Waals surface area contributed by atoms with Crippen LogP contribution in [0.5, 0.6) is 5.75 Å². The van der Waals surface area contributed by atoms with Crippen LogP contribution in [0.1, 0.15) is 27.2 Å². The number of hydrogen-bond acceptors (Lipinski definition) is 4. The third-order valence-electron chi connectivity index (χ3n) is 3.81. The number of anilines is 2. The Balaban J connectivity index is 2.28. The maximum absolute atomic E-state index is 12.9. The summed E-state index contributed by atoms with van der Waals surface area (Å²) in [5.41, 5.74) is 1.01. The van der Waals surface area contributed by atoms with E-state index in [-0.39, 0.29) is 6.10 Å². The van der Waals surface area contributed by atoms with Crippen molar-refractivity contribution in [3.8, 4) is 5.75 Å². The third-order valence-corrected chi connectivity index (χ3v) is 4.99. The van der Waals surface area contributed by atoms with Crippen molar-refractivity contribution in [1.29, 1.82) is 0 Å². The van der Waals surface area contributed by atoms with Crippen LogP contribution in [0.25, 0.3) is 0 Å². The zero-order chi connectivity index (χ0) is 20.0. The van der Waals surface area contributed by atoms with Gasteiger partial charge in [0, 0.05) is 11.8 Å². The average molecular weight is 391 g/mol. The molecule has 0 aliphatic rings. The second-order valence-corrected chi connectivity index (χ2v) is 8.36. The van der Waals surface area contributed by atoms with Gasteiger partial charge in [-0.25, -0.2) is 8.42 Å². The summed E-state index contributed by atoms with van der Waals surface area (Å²) >= 11 is 0. The highest BCUT2D eigenvalue weighted by atomic mass is 32.2. The second-order valence-electron chi connectivity index (χ2n) is 6.50. The van der Waals surface area contributed by atoms with Gasteiger partial charge in [-0.05, 0) is 44.5 Å². The number of carbonyl (C=O) groups excluding carboxylic acids is 1. The molecular formula is C20H26N2O4S. The van der Waals surface area contributed by atoms with E-state index < -0.39 is 22.0 Å². The normalized spacial score (nSPS) is 12.5. The van der Waals surface area contributed by atoms with E-state index in [1.54, 1.807) is 61.5 Å². The summed E-state index contributed by atoms with van der Waals surface area (Å²) in [5, 5.41) is 2.80. The van der Waals surface area contributed by atoms with E-state index in [4.69, 9.17) is 4.74 Å². The van der Waals surface area contributed by atoms with Crippen molar-refractivity contribution in [3.05, 3.63) is 54.6 Å². The zero-order valence-corrected chi connectivity index (χ0v) is 16.9. The molecule has 2 aromatic rings. The Labute approximate surface area is 161 Å². The summed E-state index contributed by atoms with van der Waals surface area (Å²) in [6.07, 6.45) is 1.45. The number of amides is 1. The predicted molar refractivity (Wildman–Crippen MR) is 109 cm³/mol. The molecule has 0 aliphatic heterocycles. The second kappa shape index (κ2) is 8.90. The van der Waals surface area contributed by atoms with Crippen molar-refractivity contribution < 1.29 is 17.9 Å². The topological polar surface area (TPSA) is 75.7 Å². The molecule has 1 atom stereocenters. The van der Waals surface area contributed by atoms with Gasteiger partial charge in [-0.1, -0.05) is 31.2 Å². The van der Waals surface area contributed by atoms with Crippen LogP contribution in [-0.2, 0) is 14.8 Å². The quantitative estimate of drug-likeness (QED) is 0.746. The third kappa shape index (κ3) is 5.72. The molecule has 6 nitrogen and oxygen atoms in total. The maximum Gasteiger partial charge on any atom is 0.248 e.